The predicted molar refractivity (Wildman–Crippen MR) is 126 cm³/mol. The Morgan fingerprint density at radius 1 is 1.29 bits per heavy atom. The number of rotatable bonds is 6. The van der Waals surface area contributed by atoms with Gasteiger partial charge in [0, 0.05) is 17.7 Å². The summed E-state index contributed by atoms with van der Waals surface area (Å²) in [5, 5.41) is 18.7. The number of allylic oxidation sites excluding steroid dienone is 3. The number of esters is 1. The molecule has 34 heavy (non-hydrogen) atoms. The lowest BCUT2D eigenvalue weighted by Crippen LogP contribution is -2.38. The Morgan fingerprint density at radius 3 is 2.68 bits per heavy atom. The number of benzene rings is 1. The molecule has 1 aliphatic carbocycles. The minimum absolute atomic E-state index is 0.0550. The number of hydrogen-bond donors (Lipinski definition) is 2. The third-order valence-corrected chi connectivity index (χ3v) is 7.57. The highest BCUT2D eigenvalue weighted by atomic mass is 32.2. The Kier molecular flexibility index (Phi) is 6.67. The maximum Gasteiger partial charge on any atom is 0.337 e. The van der Waals surface area contributed by atoms with Crippen LogP contribution < -0.4 is 16.4 Å². The summed E-state index contributed by atoms with van der Waals surface area (Å²) in [6, 6.07) is 8.77. The summed E-state index contributed by atoms with van der Waals surface area (Å²) < 4.78 is 5.27. The van der Waals surface area contributed by atoms with Crippen molar-refractivity contribution in [3.63, 3.8) is 0 Å². The predicted octanol–water partition coefficient (Wildman–Crippen LogP) is 2.21. The quantitative estimate of drug-likeness (QED) is 0.447. The number of ketones is 1. The molecule has 0 saturated carbocycles. The molecule has 1 atom stereocenters. The lowest BCUT2D eigenvalue weighted by Gasteiger charge is -2.38. The van der Waals surface area contributed by atoms with Crippen molar-refractivity contribution >= 4 is 45.9 Å². The van der Waals surface area contributed by atoms with Gasteiger partial charge in [0.2, 0.25) is 11.0 Å². The number of methoxy groups -OCH3 is 1. The van der Waals surface area contributed by atoms with Crippen molar-refractivity contribution in [2.75, 3.05) is 17.8 Å². The number of Topliss-reactive ketones (excluding diaryl/α,β-unsaturated/α-hetero) is 1. The molecule has 174 valence electrons. The molecule has 12 heteroatoms. The fraction of sp³-hybridized carbons (Fsp3) is 0.273. The van der Waals surface area contributed by atoms with Gasteiger partial charge in [0.15, 0.2) is 10.1 Å². The van der Waals surface area contributed by atoms with Gasteiger partial charge in [0.1, 0.15) is 5.82 Å². The molecule has 1 aliphatic heterocycles. The van der Waals surface area contributed by atoms with Crippen LogP contribution in [0.15, 0.2) is 51.3 Å². The zero-order valence-electron chi connectivity index (χ0n) is 18.1. The highest BCUT2D eigenvalue weighted by molar-refractivity contribution is 8.01. The second kappa shape index (κ2) is 9.66. The number of ether oxygens (including phenoxy) is 1. The van der Waals surface area contributed by atoms with Crippen LogP contribution >= 0.6 is 23.1 Å². The molecular formula is C22H20N6O4S2. The van der Waals surface area contributed by atoms with E-state index in [1.807, 2.05) is 0 Å². The Hall–Kier alpha value is -3.69. The van der Waals surface area contributed by atoms with Gasteiger partial charge in [0.25, 0.3) is 0 Å². The lowest BCUT2D eigenvalue weighted by atomic mass is 9.75. The second-order valence-electron chi connectivity index (χ2n) is 7.54. The van der Waals surface area contributed by atoms with E-state index in [-0.39, 0.29) is 22.9 Å². The number of nitrogens with two attached hydrogens (primary N) is 2. The number of carbonyl (C=O) groups excluding carboxylic acids is 3. The van der Waals surface area contributed by atoms with Crippen molar-refractivity contribution in [2.45, 2.75) is 29.5 Å². The molecule has 2 aromatic rings. The van der Waals surface area contributed by atoms with Gasteiger partial charge in [-0.25, -0.2) is 4.79 Å². The molecule has 1 unspecified atom stereocenters. The molecule has 0 bridgehead atoms. The highest BCUT2D eigenvalue weighted by Gasteiger charge is 2.41. The number of primary amides is 1. The van der Waals surface area contributed by atoms with Crippen molar-refractivity contribution < 1.29 is 19.1 Å². The summed E-state index contributed by atoms with van der Waals surface area (Å²) in [5.41, 5.74) is 14.1. The smallest absolute Gasteiger partial charge is 0.337 e. The summed E-state index contributed by atoms with van der Waals surface area (Å²) in [5.74, 6) is -1.46. The van der Waals surface area contributed by atoms with E-state index in [1.54, 1.807) is 29.2 Å². The molecule has 2 aliphatic rings. The van der Waals surface area contributed by atoms with E-state index < -0.39 is 17.8 Å². The van der Waals surface area contributed by atoms with E-state index in [2.05, 4.69) is 16.3 Å². The van der Waals surface area contributed by atoms with Gasteiger partial charge in [-0.2, -0.15) is 5.26 Å². The molecule has 0 radical (unpaired) electrons. The first-order chi connectivity index (χ1) is 16.3. The minimum atomic E-state index is -0.660. The molecule has 1 aromatic carbocycles. The van der Waals surface area contributed by atoms with Crippen LogP contribution in [0, 0.1) is 11.3 Å². The fourth-order valence-corrected chi connectivity index (χ4v) is 5.67. The maximum absolute atomic E-state index is 13.1. The number of thioether (sulfide) groups is 1. The average Bonchev–Trinajstić information content (AvgIpc) is 3.30. The van der Waals surface area contributed by atoms with Crippen LogP contribution in [0.25, 0.3) is 0 Å². The van der Waals surface area contributed by atoms with Crippen molar-refractivity contribution in [3.8, 4) is 6.07 Å². The Labute approximate surface area is 203 Å². The SMILES string of the molecule is COC(=O)c1ccc(C2C(C#N)=C(N)N(c3nnc(SCC(N)=O)s3)C3=C2C(=O)CCC3)cc1. The van der Waals surface area contributed by atoms with E-state index in [0.717, 1.165) is 11.8 Å². The number of amides is 1. The van der Waals surface area contributed by atoms with Crippen LogP contribution in [0.2, 0.25) is 0 Å². The van der Waals surface area contributed by atoms with E-state index in [1.165, 1.54) is 18.4 Å². The molecule has 0 saturated heterocycles. The number of nitrogens with zero attached hydrogens (tertiary/aromatic N) is 4. The van der Waals surface area contributed by atoms with Gasteiger partial charge in [-0.15, -0.1) is 10.2 Å². The van der Waals surface area contributed by atoms with E-state index in [9.17, 15) is 19.6 Å². The third-order valence-electron chi connectivity index (χ3n) is 5.50. The molecule has 1 aromatic heterocycles. The minimum Gasteiger partial charge on any atom is -0.465 e. The van der Waals surface area contributed by atoms with Crippen LogP contribution in [0.4, 0.5) is 5.13 Å². The summed E-state index contributed by atoms with van der Waals surface area (Å²) in [6.07, 6.45) is 1.57. The molecule has 0 fully saturated rings. The molecule has 1 amide bonds. The van der Waals surface area contributed by atoms with Crippen LogP contribution in [-0.4, -0.2) is 40.7 Å². The second-order valence-corrected chi connectivity index (χ2v) is 9.71. The van der Waals surface area contributed by atoms with Crippen molar-refractivity contribution in [1.29, 1.82) is 5.26 Å². The normalized spacial score (nSPS) is 17.9. The zero-order chi connectivity index (χ0) is 24.4. The van der Waals surface area contributed by atoms with Crippen LogP contribution in [0.5, 0.6) is 0 Å². The Balaban J connectivity index is 1.80. The van der Waals surface area contributed by atoms with Crippen molar-refractivity contribution in [3.05, 3.63) is 58.1 Å². The largest absolute Gasteiger partial charge is 0.465 e. The van der Waals surface area contributed by atoms with Gasteiger partial charge in [-0.1, -0.05) is 35.2 Å². The van der Waals surface area contributed by atoms with E-state index in [0.29, 0.717) is 51.1 Å². The maximum atomic E-state index is 13.1. The Morgan fingerprint density at radius 2 is 2.03 bits per heavy atom. The van der Waals surface area contributed by atoms with Crippen molar-refractivity contribution in [2.24, 2.45) is 11.5 Å². The Bertz CT molecular complexity index is 1280. The summed E-state index contributed by atoms with van der Waals surface area (Å²) in [4.78, 5) is 37.7. The molecular weight excluding hydrogens is 476 g/mol. The summed E-state index contributed by atoms with van der Waals surface area (Å²) in [7, 11) is 1.30. The average molecular weight is 497 g/mol. The standard InChI is InChI=1S/C22H20N6O4S2/c1-32-20(31)12-7-5-11(6-8-12)17-13(9-23)19(25)28(14-3-2-4-15(29)18(14)17)21-26-27-22(34-21)33-10-16(24)30/h5-8,17H,2-4,10,25H2,1H3,(H2,24,30). The first-order valence-electron chi connectivity index (χ1n) is 10.2. The molecule has 4 N–H and O–H groups in total. The summed E-state index contributed by atoms with van der Waals surface area (Å²) in [6.45, 7) is 0. The fourth-order valence-electron chi connectivity index (χ4n) is 4.05. The topological polar surface area (TPSA) is 165 Å². The zero-order valence-corrected chi connectivity index (χ0v) is 19.7. The highest BCUT2D eigenvalue weighted by Crippen LogP contribution is 2.47. The molecule has 10 nitrogen and oxygen atoms in total. The number of hydrogen-bond acceptors (Lipinski definition) is 11. The number of aromatic nitrogens is 2. The monoisotopic (exact) mass is 496 g/mol. The van der Waals surface area contributed by atoms with Gasteiger partial charge in [-0.05, 0) is 30.5 Å². The number of anilines is 1. The van der Waals surface area contributed by atoms with Crippen molar-refractivity contribution in [1.82, 2.24) is 10.2 Å². The van der Waals surface area contributed by atoms with Crippen LogP contribution in [0.1, 0.15) is 41.1 Å². The van der Waals surface area contributed by atoms with E-state index >= 15 is 0 Å². The van der Waals surface area contributed by atoms with Gasteiger partial charge in [0.05, 0.1) is 36.0 Å². The number of nitriles is 1. The first kappa shape index (κ1) is 23.5. The van der Waals surface area contributed by atoms with Crippen LogP contribution in [0.3, 0.4) is 0 Å². The van der Waals surface area contributed by atoms with E-state index in [4.69, 9.17) is 16.2 Å². The van der Waals surface area contributed by atoms with Gasteiger partial charge >= 0.3 is 5.97 Å². The molecule has 0 spiro atoms. The molecule has 4 rings (SSSR count). The lowest BCUT2D eigenvalue weighted by molar-refractivity contribution is -0.116. The summed E-state index contributed by atoms with van der Waals surface area (Å²) >= 11 is 2.35. The van der Waals surface area contributed by atoms with Gasteiger partial charge in [-0.3, -0.25) is 14.5 Å². The van der Waals surface area contributed by atoms with Crippen LogP contribution in [-0.2, 0) is 14.3 Å². The van der Waals surface area contributed by atoms with Gasteiger partial charge < -0.3 is 16.2 Å². The third kappa shape index (κ3) is 4.27. The number of carbonyl (C=O) groups is 3. The molecule has 2 heterocycles. The first-order valence-corrected chi connectivity index (χ1v) is 12.0.